The lowest BCUT2D eigenvalue weighted by molar-refractivity contribution is -0.145. The van der Waals surface area contributed by atoms with Gasteiger partial charge >= 0.3 is 5.97 Å². The molecule has 2 N–H and O–H groups in total. The zero-order valence-corrected chi connectivity index (χ0v) is 7.76. The smallest absolute Gasteiger partial charge is 0.310 e. The van der Waals surface area contributed by atoms with Gasteiger partial charge in [0.05, 0.1) is 25.4 Å². The van der Waals surface area contributed by atoms with Gasteiger partial charge in [-0.05, 0) is 6.42 Å². The maximum Gasteiger partial charge on any atom is 0.310 e. The van der Waals surface area contributed by atoms with Crippen LogP contribution in [0.15, 0.2) is 4.99 Å². The first-order chi connectivity index (χ1) is 5.24. The van der Waals surface area contributed by atoms with Crippen LogP contribution in [0.25, 0.3) is 0 Å². The summed E-state index contributed by atoms with van der Waals surface area (Å²) in [6, 6.07) is 0. The maximum atomic E-state index is 10.9. The Balaban J connectivity index is 0.00000121. The molecule has 1 atom stereocenters. The number of ether oxygens (including phenoxy) is 1. The second-order valence-corrected chi connectivity index (χ2v) is 2.59. The number of methoxy groups -OCH3 is 1. The quantitative estimate of drug-likeness (QED) is 0.610. The van der Waals surface area contributed by atoms with Crippen molar-refractivity contribution in [3.05, 3.63) is 0 Å². The van der Waals surface area contributed by atoms with E-state index in [1.54, 1.807) is 0 Å². The first-order valence-corrected chi connectivity index (χ1v) is 3.60. The topological polar surface area (TPSA) is 64.7 Å². The molecule has 70 valence electrons. The summed E-state index contributed by atoms with van der Waals surface area (Å²) in [7, 11) is 1.39. The summed E-state index contributed by atoms with van der Waals surface area (Å²) in [5, 5.41) is 0. The van der Waals surface area contributed by atoms with E-state index in [0.717, 1.165) is 6.42 Å². The second-order valence-electron chi connectivity index (χ2n) is 2.59. The molecule has 1 aliphatic heterocycles. The number of aliphatic imine (C=N–C) groups is 1. The van der Waals surface area contributed by atoms with E-state index < -0.39 is 0 Å². The molecule has 0 aromatic carbocycles. The molecule has 0 radical (unpaired) electrons. The SMILES string of the molecule is COC(=O)C1CCC(N)=NC1.Cl. The van der Waals surface area contributed by atoms with Gasteiger partial charge in [-0.3, -0.25) is 9.79 Å². The van der Waals surface area contributed by atoms with Gasteiger partial charge in [0.25, 0.3) is 0 Å². The highest BCUT2D eigenvalue weighted by Crippen LogP contribution is 2.13. The average molecular weight is 193 g/mol. The number of hydrogen-bond donors (Lipinski definition) is 1. The van der Waals surface area contributed by atoms with Gasteiger partial charge in [0.2, 0.25) is 0 Å². The highest BCUT2D eigenvalue weighted by molar-refractivity contribution is 5.85. The molecule has 0 aliphatic carbocycles. The van der Waals surface area contributed by atoms with Gasteiger partial charge in [-0.25, -0.2) is 0 Å². The molecular formula is C7H13ClN2O2. The normalized spacial score (nSPS) is 22.1. The number of amidine groups is 1. The van der Waals surface area contributed by atoms with Crippen molar-refractivity contribution in [2.45, 2.75) is 12.8 Å². The summed E-state index contributed by atoms with van der Waals surface area (Å²) in [6.07, 6.45) is 1.47. The first-order valence-electron chi connectivity index (χ1n) is 3.60. The molecule has 0 aromatic rings. The molecule has 0 saturated carbocycles. The lowest BCUT2D eigenvalue weighted by Gasteiger charge is -2.16. The van der Waals surface area contributed by atoms with Gasteiger partial charge in [0.1, 0.15) is 0 Å². The molecule has 4 nitrogen and oxygen atoms in total. The van der Waals surface area contributed by atoms with Gasteiger partial charge in [-0.15, -0.1) is 12.4 Å². The lowest BCUT2D eigenvalue weighted by Crippen LogP contribution is -2.27. The van der Waals surface area contributed by atoms with E-state index in [1.165, 1.54) is 7.11 Å². The lowest BCUT2D eigenvalue weighted by atomic mass is 10.0. The van der Waals surface area contributed by atoms with Crippen LogP contribution in [0, 0.1) is 5.92 Å². The predicted octanol–water partition coefficient (Wildman–Crippen LogP) is 0.348. The minimum Gasteiger partial charge on any atom is -0.469 e. The minimum absolute atomic E-state index is 0. The van der Waals surface area contributed by atoms with Crippen molar-refractivity contribution in [3.63, 3.8) is 0 Å². The third kappa shape index (κ3) is 2.70. The average Bonchev–Trinajstić information content (AvgIpc) is 2.05. The fraction of sp³-hybridized carbons (Fsp3) is 0.714. The molecule has 0 bridgehead atoms. The van der Waals surface area contributed by atoms with Crippen molar-refractivity contribution in [2.24, 2.45) is 16.6 Å². The molecule has 0 amide bonds. The van der Waals surface area contributed by atoms with Crippen LogP contribution in [0.3, 0.4) is 0 Å². The van der Waals surface area contributed by atoms with Gasteiger partial charge in [-0.1, -0.05) is 0 Å². The summed E-state index contributed by atoms with van der Waals surface area (Å²) < 4.78 is 4.58. The van der Waals surface area contributed by atoms with Gasteiger partial charge in [-0.2, -0.15) is 0 Å². The zero-order valence-electron chi connectivity index (χ0n) is 6.95. The third-order valence-corrected chi connectivity index (χ3v) is 1.80. The molecule has 5 heteroatoms. The zero-order chi connectivity index (χ0) is 8.27. The molecule has 1 unspecified atom stereocenters. The molecule has 0 aromatic heterocycles. The summed E-state index contributed by atoms with van der Waals surface area (Å²) in [6.45, 7) is 0.485. The Hall–Kier alpha value is -0.770. The van der Waals surface area contributed by atoms with Crippen molar-refractivity contribution in [1.82, 2.24) is 0 Å². The molecular weight excluding hydrogens is 180 g/mol. The van der Waals surface area contributed by atoms with Crippen LogP contribution in [0.4, 0.5) is 0 Å². The first kappa shape index (κ1) is 11.2. The van der Waals surface area contributed by atoms with E-state index in [-0.39, 0.29) is 24.3 Å². The fourth-order valence-corrected chi connectivity index (χ4v) is 1.08. The van der Waals surface area contributed by atoms with Crippen LogP contribution >= 0.6 is 12.4 Å². The van der Waals surface area contributed by atoms with Crippen LogP contribution in [0.1, 0.15) is 12.8 Å². The van der Waals surface area contributed by atoms with E-state index >= 15 is 0 Å². The van der Waals surface area contributed by atoms with Crippen LogP contribution in [-0.2, 0) is 9.53 Å². The predicted molar refractivity (Wildman–Crippen MR) is 48.5 cm³/mol. The number of rotatable bonds is 1. The number of nitrogens with zero attached hydrogens (tertiary/aromatic N) is 1. The second kappa shape index (κ2) is 4.98. The Morgan fingerprint density at radius 1 is 1.75 bits per heavy atom. The Bertz CT molecular complexity index is 194. The number of carbonyl (C=O) groups is 1. The molecule has 12 heavy (non-hydrogen) atoms. The van der Waals surface area contributed by atoms with Crippen molar-refractivity contribution in [3.8, 4) is 0 Å². The number of esters is 1. The number of hydrogen-bond acceptors (Lipinski definition) is 4. The van der Waals surface area contributed by atoms with Gasteiger partial charge < -0.3 is 10.5 Å². The van der Waals surface area contributed by atoms with E-state index in [0.29, 0.717) is 18.8 Å². The van der Waals surface area contributed by atoms with Crippen LogP contribution < -0.4 is 5.73 Å². The third-order valence-electron chi connectivity index (χ3n) is 1.80. The van der Waals surface area contributed by atoms with Crippen LogP contribution in [0.5, 0.6) is 0 Å². The van der Waals surface area contributed by atoms with Crippen molar-refractivity contribution < 1.29 is 9.53 Å². The van der Waals surface area contributed by atoms with E-state index in [1.807, 2.05) is 0 Å². The van der Waals surface area contributed by atoms with Gasteiger partial charge in [0.15, 0.2) is 0 Å². The summed E-state index contributed by atoms with van der Waals surface area (Å²) >= 11 is 0. The molecule has 0 spiro atoms. The summed E-state index contributed by atoms with van der Waals surface area (Å²) in [5.41, 5.74) is 5.44. The van der Waals surface area contributed by atoms with E-state index in [9.17, 15) is 4.79 Å². The standard InChI is InChI=1S/C7H12N2O2.ClH/c1-11-7(10)5-2-3-6(8)9-4-5;/h5H,2-4H2,1H3,(H2,8,9);1H. The highest BCUT2D eigenvalue weighted by Gasteiger charge is 2.21. The van der Waals surface area contributed by atoms with Crippen LogP contribution in [-0.4, -0.2) is 25.5 Å². The van der Waals surface area contributed by atoms with Gasteiger partial charge in [0, 0.05) is 6.42 Å². The molecule has 1 heterocycles. The number of nitrogens with two attached hydrogens (primary N) is 1. The maximum absolute atomic E-state index is 10.9. The van der Waals surface area contributed by atoms with E-state index in [4.69, 9.17) is 5.73 Å². The highest BCUT2D eigenvalue weighted by atomic mass is 35.5. The molecule has 1 rings (SSSR count). The Labute approximate surface area is 77.6 Å². The Kier molecular flexibility index (Phi) is 4.66. The fourth-order valence-electron chi connectivity index (χ4n) is 1.08. The van der Waals surface area contributed by atoms with Crippen LogP contribution in [0.2, 0.25) is 0 Å². The Morgan fingerprint density at radius 3 is 2.83 bits per heavy atom. The number of carbonyl (C=O) groups excluding carboxylic acids is 1. The Morgan fingerprint density at radius 2 is 2.42 bits per heavy atom. The molecule has 0 fully saturated rings. The molecule has 1 aliphatic rings. The summed E-state index contributed by atoms with van der Waals surface area (Å²) in [4.78, 5) is 14.9. The minimum atomic E-state index is -0.179. The van der Waals surface area contributed by atoms with Crippen molar-refractivity contribution >= 4 is 24.2 Å². The monoisotopic (exact) mass is 192 g/mol. The van der Waals surface area contributed by atoms with Crippen molar-refractivity contribution in [2.75, 3.05) is 13.7 Å². The van der Waals surface area contributed by atoms with E-state index in [2.05, 4.69) is 9.73 Å². The molecule has 0 saturated heterocycles. The van der Waals surface area contributed by atoms with Crippen molar-refractivity contribution in [1.29, 1.82) is 0 Å². The summed E-state index contributed by atoms with van der Waals surface area (Å²) in [5.74, 6) is 0.388. The largest absolute Gasteiger partial charge is 0.469 e. The number of halogens is 1.